The minimum atomic E-state index is -0.544. The Balaban J connectivity index is 3.11. The van der Waals surface area contributed by atoms with Gasteiger partial charge in [-0.15, -0.1) is 0 Å². The van der Waals surface area contributed by atoms with Gasteiger partial charge in [0.2, 0.25) is 0 Å². The van der Waals surface area contributed by atoms with E-state index < -0.39 is 6.16 Å². The molecule has 0 N–H and O–H groups in total. The van der Waals surface area contributed by atoms with Gasteiger partial charge in [0, 0.05) is 0 Å². The standard InChI is InChI=1S/C20H37IO3/c1-2-3-4-5-6-7-8-9-10-11-12-13-14-15-16-17-18-23-20(22)24-19-21/h9-10H,2-8,11-19H2,1H3/b10-9+. The smallest absolute Gasteiger partial charge is 0.434 e. The lowest BCUT2D eigenvalue weighted by atomic mass is 10.1. The summed E-state index contributed by atoms with van der Waals surface area (Å²) in [4.78, 5) is 10.9. The second-order valence-corrected chi connectivity index (χ2v) is 6.91. The van der Waals surface area contributed by atoms with Crippen molar-refractivity contribution in [2.75, 3.05) is 11.2 Å². The molecule has 0 unspecified atom stereocenters. The predicted octanol–water partition coefficient (Wildman–Crippen LogP) is 7.57. The van der Waals surface area contributed by atoms with Crippen LogP contribution in [0.2, 0.25) is 0 Å². The third kappa shape index (κ3) is 19.8. The molecule has 0 aromatic carbocycles. The molecule has 3 nitrogen and oxygen atoms in total. The molecule has 0 fully saturated rings. The molecule has 0 aromatic heterocycles. The third-order valence-electron chi connectivity index (χ3n) is 4.05. The molecule has 0 saturated heterocycles. The summed E-state index contributed by atoms with van der Waals surface area (Å²) in [5.41, 5.74) is 0. The molecule has 24 heavy (non-hydrogen) atoms. The lowest BCUT2D eigenvalue weighted by Crippen LogP contribution is -2.06. The molecule has 4 heteroatoms. The highest BCUT2D eigenvalue weighted by molar-refractivity contribution is 14.1. The summed E-state index contributed by atoms with van der Waals surface area (Å²) in [6.07, 6.45) is 22.1. The number of carbonyl (C=O) groups excluding carboxylic acids is 1. The number of halogens is 1. The van der Waals surface area contributed by atoms with E-state index >= 15 is 0 Å². The number of unbranched alkanes of at least 4 members (excludes halogenated alkanes) is 12. The van der Waals surface area contributed by atoms with Crippen LogP contribution in [0.25, 0.3) is 0 Å². The van der Waals surface area contributed by atoms with Gasteiger partial charge in [0.05, 0.1) is 6.61 Å². The zero-order valence-corrected chi connectivity index (χ0v) is 17.7. The second kappa shape index (κ2) is 20.8. The average molecular weight is 452 g/mol. The van der Waals surface area contributed by atoms with Crippen molar-refractivity contribution in [1.29, 1.82) is 0 Å². The van der Waals surface area contributed by atoms with Crippen LogP contribution in [0.4, 0.5) is 4.79 Å². The summed E-state index contributed by atoms with van der Waals surface area (Å²) in [5, 5.41) is 0. The van der Waals surface area contributed by atoms with E-state index in [-0.39, 0.29) is 0 Å². The van der Waals surface area contributed by atoms with Crippen molar-refractivity contribution in [3.8, 4) is 0 Å². The Morgan fingerprint density at radius 3 is 1.79 bits per heavy atom. The molecule has 0 aliphatic heterocycles. The molecule has 0 saturated carbocycles. The Morgan fingerprint density at radius 2 is 1.25 bits per heavy atom. The molecule has 142 valence electrons. The lowest BCUT2D eigenvalue weighted by Gasteiger charge is -2.04. The SMILES string of the molecule is CCCCCCCC/C=C/CCCCCCCCOC(=O)OCI. The lowest BCUT2D eigenvalue weighted by molar-refractivity contribution is 0.0694. The van der Waals surface area contributed by atoms with Gasteiger partial charge in [-0.2, -0.15) is 0 Å². The van der Waals surface area contributed by atoms with Gasteiger partial charge in [0.25, 0.3) is 0 Å². The van der Waals surface area contributed by atoms with E-state index in [1.54, 1.807) is 0 Å². The molecular formula is C20H37IO3. The fourth-order valence-electron chi connectivity index (χ4n) is 2.59. The van der Waals surface area contributed by atoms with E-state index in [9.17, 15) is 4.79 Å². The van der Waals surface area contributed by atoms with Crippen LogP contribution < -0.4 is 0 Å². The van der Waals surface area contributed by atoms with Crippen LogP contribution in [0.1, 0.15) is 96.8 Å². The van der Waals surface area contributed by atoms with Crippen molar-refractivity contribution in [3.05, 3.63) is 12.2 Å². The summed E-state index contributed by atoms with van der Waals surface area (Å²) in [7, 11) is 0. The van der Waals surface area contributed by atoms with Gasteiger partial charge in [-0.1, -0.05) is 76.9 Å². The van der Waals surface area contributed by atoms with Gasteiger partial charge in [-0.3, -0.25) is 0 Å². The zero-order valence-electron chi connectivity index (χ0n) is 15.6. The van der Waals surface area contributed by atoms with E-state index in [4.69, 9.17) is 4.74 Å². The number of hydrogen-bond acceptors (Lipinski definition) is 3. The maximum Gasteiger partial charge on any atom is 0.509 e. The van der Waals surface area contributed by atoms with Crippen molar-refractivity contribution < 1.29 is 14.3 Å². The molecule has 0 aromatic rings. The first kappa shape index (κ1) is 23.7. The molecule has 0 heterocycles. The van der Waals surface area contributed by atoms with Crippen molar-refractivity contribution in [1.82, 2.24) is 0 Å². The van der Waals surface area contributed by atoms with Crippen LogP contribution in [-0.2, 0) is 9.47 Å². The summed E-state index contributed by atoms with van der Waals surface area (Å²) in [5.74, 6) is 0. The molecule has 0 aliphatic carbocycles. The van der Waals surface area contributed by atoms with Crippen LogP contribution in [-0.4, -0.2) is 17.4 Å². The maximum atomic E-state index is 10.9. The Morgan fingerprint density at radius 1 is 0.750 bits per heavy atom. The molecule has 0 amide bonds. The molecule has 0 aliphatic rings. The average Bonchev–Trinajstić information content (AvgIpc) is 2.58. The first-order valence-corrected chi connectivity index (χ1v) is 11.3. The molecule has 0 spiro atoms. The summed E-state index contributed by atoms with van der Waals surface area (Å²) in [6, 6.07) is 0. The first-order chi connectivity index (χ1) is 11.8. The Hall–Kier alpha value is -0.260. The number of alkyl halides is 1. The van der Waals surface area contributed by atoms with Crippen molar-refractivity contribution in [2.45, 2.75) is 96.8 Å². The Labute approximate surface area is 163 Å². The minimum Gasteiger partial charge on any atom is -0.434 e. The van der Waals surface area contributed by atoms with Gasteiger partial charge >= 0.3 is 6.16 Å². The van der Waals surface area contributed by atoms with Crippen LogP contribution in [0.15, 0.2) is 12.2 Å². The number of carbonyl (C=O) groups is 1. The predicted molar refractivity (Wildman–Crippen MR) is 111 cm³/mol. The maximum absolute atomic E-state index is 10.9. The Kier molecular flexibility index (Phi) is 20.6. The second-order valence-electron chi connectivity index (χ2n) is 6.29. The van der Waals surface area contributed by atoms with Crippen molar-refractivity contribution >= 4 is 28.7 Å². The third-order valence-corrected chi connectivity index (χ3v) is 4.36. The molecule has 0 atom stereocenters. The van der Waals surface area contributed by atoms with Gasteiger partial charge in [-0.25, -0.2) is 4.79 Å². The normalized spacial score (nSPS) is 11.1. The van der Waals surface area contributed by atoms with E-state index in [2.05, 4.69) is 23.8 Å². The number of allylic oxidation sites excluding steroid dienone is 2. The summed E-state index contributed by atoms with van der Waals surface area (Å²) < 4.78 is 9.97. The fourth-order valence-corrected chi connectivity index (χ4v) is 2.85. The quantitative estimate of drug-likeness (QED) is 0.0751. The van der Waals surface area contributed by atoms with Gasteiger partial charge < -0.3 is 9.47 Å². The highest BCUT2D eigenvalue weighted by Gasteiger charge is 2.00. The Bertz CT molecular complexity index is 293. The van der Waals surface area contributed by atoms with Crippen molar-refractivity contribution in [2.24, 2.45) is 0 Å². The van der Waals surface area contributed by atoms with E-state index in [0.29, 0.717) is 11.2 Å². The topological polar surface area (TPSA) is 35.5 Å². The highest BCUT2D eigenvalue weighted by Crippen LogP contribution is 2.10. The zero-order chi connectivity index (χ0) is 17.7. The molecule has 0 rings (SSSR count). The molecule has 0 radical (unpaired) electrons. The van der Waals surface area contributed by atoms with Gasteiger partial charge in [0.1, 0.15) is 4.61 Å². The van der Waals surface area contributed by atoms with E-state index in [1.807, 2.05) is 22.6 Å². The molecule has 0 bridgehead atoms. The fraction of sp³-hybridized carbons (Fsp3) is 0.850. The number of rotatable bonds is 17. The number of ether oxygens (including phenoxy) is 2. The minimum absolute atomic E-state index is 0.351. The summed E-state index contributed by atoms with van der Waals surface area (Å²) >= 11 is 1.98. The monoisotopic (exact) mass is 452 g/mol. The van der Waals surface area contributed by atoms with E-state index in [0.717, 1.165) is 12.8 Å². The van der Waals surface area contributed by atoms with Gasteiger partial charge in [-0.05, 0) is 54.7 Å². The highest BCUT2D eigenvalue weighted by atomic mass is 127. The van der Waals surface area contributed by atoms with Crippen LogP contribution in [0, 0.1) is 0 Å². The van der Waals surface area contributed by atoms with E-state index in [1.165, 1.54) is 77.0 Å². The van der Waals surface area contributed by atoms with Crippen LogP contribution in [0.5, 0.6) is 0 Å². The summed E-state index contributed by atoms with van der Waals surface area (Å²) in [6.45, 7) is 2.75. The first-order valence-electron chi connectivity index (χ1n) is 9.81. The largest absolute Gasteiger partial charge is 0.509 e. The molecular weight excluding hydrogens is 415 g/mol. The van der Waals surface area contributed by atoms with Crippen LogP contribution in [0.3, 0.4) is 0 Å². The van der Waals surface area contributed by atoms with Gasteiger partial charge in [0.15, 0.2) is 0 Å². The number of hydrogen-bond donors (Lipinski definition) is 0. The van der Waals surface area contributed by atoms with Crippen molar-refractivity contribution in [3.63, 3.8) is 0 Å². The van der Waals surface area contributed by atoms with Crippen LogP contribution >= 0.6 is 22.6 Å².